The van der Waals surface area contributed by atoms with E-state index >= 15 is 0 Å². The van der Waals surface area contributed by atoms with E-state index in [9.17, 15) is 18.0 Å². The second-order valence-corrected chi connectivity index (χ2v) is 7.34. The Balaban J connectivity index is 1.56. The highest BCUT2D eigenvalue weighted by Crippen LogP contribution is 2.35. The van der Waals surface area contributed by atoms with Crippen LogP contribution in [0.1, 0.15) is 23.8 Å². The van der Waals surface area contributed by atoms with Gasteiger partial charge in [-0.2, -0.15) is 18.2 Å². The Kier molecular flexibility index (Phi) is 4.70. The fourth-order valence-electron chi connectivity index (χ4n) is 3.12. The molecular weight excluding hydrogens is 439 g/mol. The van der Waals surface area contributed by atoms with Crippen molar-refractivity contribution in [2.45, 2.75) is 18.5 Å². The van der Waals surface area contributed by atoms with Crippen molar-refractivity contribution in [1.29, 1.82) is 0 Å². The lowest BCUT2D eigenvalue weighted by Gasteiger charge is -2.17. The Hall–Kier alpha value is -2.68. The van der Waals surface area contributed by atoms with E-state index in [1.807, 2.05) is 24.3 Å². The van der Waals surface area contributed by atoms with Crippen LogP contribution >= 0.6 is 15.9 Å². The van der Waals surface area contributed by atoms with Crippen LogP contribution in [0.2, 0.25) is 0 Å². The molecule has 1 aliphatic heterocycles. The van der Waals surface area contributed by atoms with E-state index in [1.54, 1.807) is 0 Å². The summed E-state index contributed by atoms with van der Waals surface area (Å²) >= 11 is 3.38. The summed E-state index contributed by atoms with van der Waals surface area (Å²) in [4.78, 5) is 18.1. The molecule has 1 unspecified atom stereocenters. The minimum absolute atomic E-state index is 0.0936. The molecule has 0 bridgehead atoms. The number of anilines is 1. The maximum atomic E-state index is 12.9. The number of halogens is 4. The molecule has 1 amide bonds. The molecule has 1 saturated heterocycles. The Morgan fingerprint density at radius 1 is 1.14 bits per heavy atom. The molecule has 0 N–H and O–H groups in total. The molecule has 0 radical (unpaired) electrons. The van der Waals surface area contributed by atoms with Crippen molar-refractivity contribution >= 4 is 27.5 Å². The molecule has 144 valence electrons. The van der Waals surface area contributed by atoms with Gasteiger partial charge in [0, 0.05) is 28.7 Å². The second-order valence-electron chi connectivity index (χ2n) is 6.42. The average Bonchev–Trinajstić information content (AvgIpc) is 3.28. The van der Waals surface area contributed by atoms with Crippen LogP contribution in [0.4, 0.5) is 18.9 Å². The Morgan fingerprint density at radius 3 is 2.68 bits per heavy atom. The van der Waals surface area contributed by atoms with Crippen molar-refractivity contribution in [2.24, 2.45) is 0 Å². The highest BCUT2D eigenvalue weighted by molar-refractivity contribution is 9.10. The number of hydrogen-bond donors (Lipinski definition) is 0. The Labute approximate surface area is 166 Å². The van der Waals surface area contributed by atoms with Crippen LogP contribution in [0, 0.1) is 0 Å². The van der Waals surface area contributed by atoms with E-state index in [2.05, 4.69) is 26.1 Å². The first-order valence-electron chi connectivity index (χ1n) is 8.38. The number of rotatable bonds is 3. The van der Waals surface area contributed by atoms with Gasteiger partial charge in [0.1, 0.15) is 0 Å². The molecule has 2 heterocycles. The van der Waals surface area contributed by atoms with Gasteiger partial charge < -0.3 is 9.42 Å². The average molecular weight is 452 g/mol. The first kappa shape index (κ1) is 18.7. The molecule has 4 rings (SSSR count). The van der Waals surface area contributed by atoms with E-state index in [1.165, 1.54) is 17.0 Å². The number of benzene rings is 2. The van der Waals surface area contributed by atoms with Crippen LogP contribution < -0.4 is 4.90 Å². The van der Waals surface area contributed by atoms with Crippen LogP contribution in [-0.4, -0.2) is 22.6 Å². The van der Waals surface area contributed by atoms with Crippen molar-refractivity contribution in [3.05, 3.63) is 64.5 Å². The molecule has 3 aromatic rings. The van der Waals surface area contributed by atoms with Crippen LogP contribution in [-0.2, 0) is 11.0 Å². The topological polar surface area (TPSA) is 59.2 Å². The summed E-state index contributed by atoms with van der Waals surface area (Å²) in [5.41, 5.74) is 0.161. The molecule has 1 aliphatic rings. The third-order valence-corrected chi connectivity index (χ3v) is 4.98. The quantitative estimate of drug-likeness (QED) is 0.559. The summed E-state index contributed by atoms with van der Waals surface area (Å²) in [6.45, 7) is 0.181. The number of alkyl halides is 3. The van der Waals surface area contributed by atoms with E-state index in [0.717, 1.165) is 22.2 Å². The molecule has 0 saturated carbocycles. The van der Waals surface area contributed by atoms with E-state index in [-0.39, 0.29) is 36.4 Å². The number of hydrogen-bond acceptors (Lipinski definition) is 4. The summed E-state index contributed by atoms with van der Waals surface area (Å²) in [7, 11) is 0. The normalized spacial score (nSPS) is 17.4. The van der Waals surface area contributed by atoms with Gasteiger partial charge in [-0.1, -0.05) is 39.3 Å². The zero-order chi connectivity index (χ0) is 19.9. The van der Waals surface area contributed by atoms with E-state index < -0.39 is 11.7 Å². The van der Waals surface area contributed by atoms with Crippen LogP contribution in [0.25, 0.3) is 11.4 Å². The number of aromatic nitrogens is 2. The zero-order valence-corrected chi connectivity index (χ0v) is 15.9. The van der Waals surface area contributed by atoms with Gasteiger partial charge in [0.25, 0.3) is 0 Å². The van der Waals surface area contributed by atoms with Crippen molar-refractivity contribution in [3.63, 3.8) is 0 Å². The summed E-state index contributed by atoms with van der Waals surface area (Å²) in [6, 6.07) is 12.1. The summed E-state index contributed by atoms with van der Waals surface area (Å²) in [6.07, 6.45) is -4.38. The van der Waals surface area contributed by atoms with Crippen molar-refractivity contribution in [1.82, 2.24) is 10.1 Å². The SMILES string of the molecule is O=C1CC(c2nc(-c3cccc(Br)c3)no2)CN1c1cccc(C(F)(F)F)c1. The van der Waals surface area contributed by atoms with Gasteiger partial charge in [-0.3, -0.25) is 4.79 Å². The second kappa shape index (κ2) is 7.05. The van der Waals surface area contributed by atoms with Gasteiger partial charge in [-0.15, -0.1) is 0 Å². The highest BCUT2D eigenvalue weighted by atomic mass is 79.9. The molecule has 1 aromatic heterocycles. The van der Waals surface area contributed by atoms with Crippen molar-refractivity contribution in [3.8, 4) is 11.4 Å². The minimum Gasteiger partial charge on any atom is -0.339 e. The summed E-state index contributed by atoms with van der Waals surface area (Å²) < 4.78 is 45.0. The molecule has 1 atom stereocenters. The predicted octanol–water partition coefficient (Wildman–Crippen LogP) is 5.04. The molecule has 0 spiro atoms. The Bertz CT molecular complexity index is 1040. The third kappa shape index (κ3) is 3.66. The van der Waals surface area contributed by atoms with Crippen LogP contribution in [0.5, 0.6) is 0 Å². The molecule has 1 fully saturated rings. The van der Waals surface area contributed by atoms with Gasteiger partial charge in [-0.25, -0.2) is 0 Å². The largest absolute Gasteiger partial charge is 0.416 e. The number of nitrogens with zero attached hydrogens (tertiary/aromatic N) is 3. The zero-order valence-electron chi connectivity index (χ0n) is 14.3. The number of carbonyl (C=O) groups excluding carboxylic acids is 1. The molecule has 9 heteroatoms. The third-order valence-electron chi connectivity index (χ3n) is 4.48. The summed E-state index contributed by atoms with van der Waals surface area (Å²) in [5.74, 6) is 0.0149. The molecule has 0 aliphatic carbocycles. The fourth-order valence-corrected chi connectivity index (χ4v) is 3.52. The Morgan fingerprint density at radius 2 is 1.93 bits per heavy atom. The lowest BCUT2D eigenvalue weighted by molar-refractivity contribution is -0.137. The van der Waals surface area contributed by atoms with Gasteiger partial charge in [0.05, 0.1) is 11.5 Å². The minimum atomic E-state index is -4.47. The van der Waals surface area contributed by atoms with Gasteiger partial charge in [-0.05, 0) is 30.3 Å². The van der Waals surface area contributed by atoms with Crippen molar-refractivity contribution in [2.75, 3.05) is 11.4 Å². The van der Waals surface area contributed by atoms with Gasteiger partial charge in [0.2, 0.25) is 17.6 Å². The first-order valence-corrected chi connectivity index (χ1v) is 9.18. The monoisotopic (exact) mass is 451 g/mol. The molecular formula is C19H13BrF3N3O2. The number of carbonyl (C=O) groups is 1. The maximum absolute atomic E-state index is 12.9. The molecule has 2 aromatic carbocycles. The standard InChI is InChI=1S/C19H13BrF3N3O2/c20-14-5-1-3-11(7-14)17-24-18(28-25-17)12-8-16(27)26(10-12)15-6-2-4-13(9-15)19(21,22)23/h1-7,9,12H,8,10H2. The van der Waals surface area contributed by atoms with E-state index in [4.69, 9.17) is 4.52 Å². The first-order chi connectivity index (χ1) is 13.3. The van der Waals surface area contributed by atoms with Crippen LogP contribution in [0.3, 0.4) is 0 Å². The smallest absolute Gasteiger partial charge is 0.339 e. The maximum Gasteiger partial charge on any atom is 0.416 e. The van der Waals surface area contributed by atoms with Crippen LogP contribution in [0.15, 0.2) is 57.5 Å². The summed E-state index contributed by atoms with van der Waals surface area (Å²) in [5, 5.41) is 3.96. The van der Waals surface area contributed by atoms with Crippen molar-refractivity contribution < 1.29 is 22.5 Å². The van der Waals surface area contributed by atoms with E-state index in [0.29, 0.717) is 5.82 Å². The molecule has 28 heavy (non-hydrogen) atoms. The lowest BCUT2D eigenvalue weighted by atomic mass is 10.1. The number of amides is 1. The van der Waals surface area contributed by atoms with Gasteiger partial charge in [0.15, 0.2) is 0 Å². The predicted molar refractivity (Wildman–Crippen MR) is 98.6 cm³/mol. The van der Waals surface area contributed by atoms with Gasteiger partial charge >= 0.3 is 6.18 Å². The highest BCUT2D eigenvalue weighted by Gasteiger charge is 2.37. The fraction of sp³-hybridized carbons (Fsp3) is 0.211. The lowest BCUT2D eigenvalue weighted by Crippen LogP contribution is -2.24. The molecule has 5 nitrogen and oxygen atoms in total.